The molecule has 0 aliphatic rings. The Kier molecular flexibility index (Phi) is 6.76. The fourth-order valence-electron chi connectivity index (χ4n) is 8.16. The van der Waals surface area contributed by atoms with E-state index in [-0.39, 0.29) is 0 Å². The average molecular weight is 694 g/mol. The van der Waals surface area contributed by atoms with E-state index in [0.29, 0.717) is 0 Å². The Balaban J connectivity index is 1.13. The van der Waals surface area contributed by atoms with Gasteiger partial charge in [-0.2, -0.15) is 0 Å². The lowest BCUT2D eigenvalue weighted by molar-refractivity contribution is 0.669. The van der Waals surface area contributed by atoms with Crippen LogP contribution < -0.4 is 4.90 Å². The molecule has 2 nitrogen and oxygen atoms in total. The highest BCUT2D eigenvalue weighted by Gasteiger charge is 2.20. The Bertz CT molecular complexity index is 3190. The van der Waals surface area contributed by atoms with Crippen molar-refractivity contribution >= 4 is 92.1 Å². The number of nitrogens with zero attached hydrogens (tertiary/aromatic N) is 1. The number of rotatable bonds is 5. The lowest BCUT2D eigenvalue weighted by atomic mass is 9.94. The van der Waals surface area contributed by atoms with Gasteiger partial charge in [0.1, 0.15) is 11.2 Å². The SMILES string of the molecule is c1ccc(-c2ccccc2-c2cccc(N(c3ccc4c(ccc5cc6oc7ccccc7c6cc54)c3)c3cccc4c3sc3ccccc34)c2)cc1. The van der Waals surface area contributed by atoms with Crippen LogP contribution in [-0.2, 0) is 0 Å². The van der Waals surface area contributed by atoms with Gasteiger partial charge >= 0.3 is 0 Å². The third kappa shape index (κ3) is 4.86. The van der Waals surface area contributed by atoms with Crippen molar-refractivity contribution in [2.75, 3.05) is 4.90 Å². The monoisotopic (exact) mass is 693 g/mol. The number of hydrogen-bond donors (Lipinski definition) is 0. The Hall–Kier alpha value is -6.68. The van der Waals surface area contributed by atoms with E-state index in [9.17, 15) is 0 Å². The predicted molar refractivity (Wildman–Crippen MR) is 227 cm³/mol. The number of fused-ring (bicyclic) bond motifs is 9. The second kappa shape index (κ2) is 11.9. The smallest absolute Gasteiger partial charge is 0.136 e. The van der Waals surface area contributed by atoms with Crippen LogP contribution in [0, 0.1) is 0 Å². The molecule has 0 atom stereocenters. The van der Waals surface area contributed by atoms with Crippen molar-refractivity contribution in [3.8, 4) is 22.3 Å². The predicted octanol–water partition coefficient (Wildman–Crippen LogP) is 15.1. The summed E-state index contributed by atoms with van der Waals surface area (Å²) >= 11 is 1.86. The molecule has 9 aromatic carbocycles. The standard InChI is InChI=1S/C50H31NOS/c1-2-12-32(13-3-1)38-16-4-5-17-39(38)33-14-10-15-36(28-33)51(46-21-11-20-43-42-19-7-9-23-49(42)53-50(43)46)37-26-27-40-34(29-37)24-25-35-30-48-45(31-44(35)40)41-18-6-8-22-47(41)52-48/h1-31H. The van der Waals surface area contributed by atoms with Gasteiger partial charge in [-0.25, -0.2) is 0 Å². The second-order valence-electron chi connectivity index (χ2n) is 13.7. The first-order valence-corrected chi connectivity index (χ1v) is 18.8. The van der Waals surface area contributed by atoms with Gasteiger partial charge in [0.2, 0.25) is 0 Å². The van der Waals surface area contributed by atoms with E-state index >= 15 is 0 Å². The molecule has 0 aliphatic heterocycles. The molecule has 2 aromatic heterocycles. The van der Waals surface area contributed by atoms with Crippen LogP contribution in [0.25, 0.3) is 85.9 Å². The fourth-order valence-corrected chi connectivity index (χ4v) is 9.37. The van der Waals surface area contributed by atoms with Gasteiger partial charge in [0.05, 0.1) is 10.4 Å². The number of benzene rings is 9. The maximum Gasteiger partial charge on any atom is 0.136 e. The van der Waals surface area contributed by atoms with Gasteiger partial charge in [0, 0.05) is 37.6 Å². The number of thiophene rings is 1. The van der Waals surface area contributed by atoms with E-state index in [2.05, 4.69) is 181 Å². The van der Waals surface area contributed by atoms with Gasteiger partial charge in [0.25, 0.3) is 0 Å². The molecule has 0 unspecified atom stereocenters. The quantitative estimate of drug-likeness (QED) is 0.167. The van der Waals surface area contributed by atoms with Crippen LogP contribution >= 0.6 is 11.3 Å². The number of para-hydroxylation sites is 1. The molecule has 0 N–H and O–H groups in total. The third-order valence-electron chi connectivity index (χ3n) is 10.6. The van der Waals surface area contributed by atoms with E-state index < -0.39 is 0 Å². The van der Waals surface area contributed by atoms with E-state index in [1.54, 1.807) is 0 Å². The Morgan fingerprint density at radius 2 is 1.06 bits per heavy atom. The maximum absolute atomic E-state index is 6.25. The van der Waals surface area contributed by atoms with Crippen molar-refractivity contribution in [1.29, 1.82) is 0 Å². The minimum atomic E-state index is 0.920. The van der Waals surface area contributed by atoms with Crippen molar-refractivity contribution in [1.82, 2.24) is 0 Å². The van der Waals surface area contributed by atoms with Crippen LogP contribution in [0.4, 0.5) is 17.1 Å². The molecule has 0 aliphatic carbocycles. The summed E-state index contributed by atoms with van der Waals surface area (Å²) in [7, 11) is 0. The molecule has 0 saturated heterocycles. The molecule has 2 heterocycles. The van der Waals surface area contributed by atoms with Crippen molar-refractivity contribution in [3.05, 3.63) is 188 Å². The summed E-state index contributed by atoms with van der Waals surface area (Å²) in [6, 6.07) is 68.1. The average Bonchev–Trinajstić information content (AvgIpc) is 3.79. The normalized spacial score (nSPS) is 11.8. The maximum atomic E-state index is 6.25. The number of hydrogen-bond acceptors (Lipinski definition) is 3. The van der Waals surface area contributed by atoms with Crippen molar-refractivity contribution in [3.63, 3.8) is 0 Å². The molecule has 0 fully saturated rings. The van der Waals surface area contributed by atoms with E-state index in [0.717, 1.165) is 33.3 Å². The topological polar surface area (TPSA) is 16.4 Å². The summed E-state index contributed by atoms with van der Waals surface area (Å²) in [6.45, 7) is 0. The minimum absolute atomic E-state index is 0.920. The lowest BCUT2D eigenvalue weighted by Crippen LogP contribution is -2.10. The van der Waals surface area contributed by atoms with Crippen LogP contribution in [0.2, 0.25) is 0 Å². The van der Waals surface area contributed by atoms with Crippen LogP contribution in [0.5, 0.6) is 0 Å². The molecule has 0 saturated carbocycles. The van der Waals surface area contributed by atoms with Crippen molar-refractivity contribution in [2.45, 2.75) is 0 Å². The summed E-state index contributed by atoms with van der Waals surface area (Å²) in [5, 5.41) is 9.69. The highest BCUT2D eigenvalue weighted by Crippen LogP contribution is 2.46. The van der Waals surface area contributed by atoms with Gasteiger partial charge in [-0.15, -0.1) is 11.3 Å². The van der Waals surface area contributed by atoms with E-state index in [1.165, 1.54) is 69.7 Å². The third-order valence-corrected chi connectivity index (χ3v) is 11.8. The van der Waals surface area contributed by atoms with Gasteiger partial charge in [-0.05, 0) is 98.4 Å². The molecule has 0 radical (unpaired) electrons. The zero-order valence-corrected chi connectivity index (χ0v) is 29.5. The highest BCUT2D eigenvalue weighted by atomic mass is 32.1. The molecule has 0 bridgehead atoms. The number of anilines is 3. The van der Waals surface area contributed by atoms with Crippen LogP contribution in [0.15, 0.2) is 192 Å². The molecule has 248 valence electrons. The largest absolute Gasteiger partial charge is 0.456 e. The molecule has 0 spiro atoms. The summed E-state index contributed by atoms with van der Waals surface area (Å²) < 4.78 is 8.82. The molecule has 53 heavy (non-hydrogen) atoms. The van der Waals surface area contributed by atoms with Crippen LogP contribution in [-0.4, -0.2) is 0 Å². The lowest BCUT2D eigenvalue weighted by Gasteiger charge is -2.27. The first kappa shape index (κ1) is 30.0. The van der Waals surface area contributed by atoms with Gasteiger partial charge in [-0.1, -0.05) is 133 Å². The van der Waals surface area contributed by atoms with Gasteiger partial charge in [0.15, 0.2) is 0 Å². The van der Waals surface area contributed by atoms with Gasteiger partial charge in [-0.3, -0.25) is 0 Å². The summed E-state index contributed by atoms with van der Waals surface area (Å²) in [4.78, 5) is 2.45. The van der Waals surface area contributed by atoms with Crippen LogP contribution in [0.3, 0.4) is 0 Å². The van der Waals surface area contributed by atoms with Gasteiger partial charge < -0.3 is 9.32 Å². The Morgan fingerprint density at radius 3 is 1.94 bits per heavy atom. The van der Waals surface area contributed by atoms with Crippen molar-refractivity contribution in [2.24, 2.45) is 0 Å². The van der Waals surface area contributed by atoms with Crippen molar-refractivity contribution < 1.29 is 4.42 Å². The van der Waals surface area contributed by atoms with E-state index in [1.807, 2.05) is 23.5 Å². The molecule has 11 rings (SSSR count). The first-order chi connectivity index (χ1) is 26.3. The Morgan fingerprint density at radius 1 is 0.377 bits per heavy atom. The van der Waals surface area contributed by atoms with E-state index in [4.69, 9.17) is 4.42 Å². The minimum Gasteiger partial charge on any atom is -0.456 e. The summed E-state index contributed by atoms with van der Waals surface area (Å²) in [5.41, 5.74) is 10.1. The zero-order chi connectivity index (χ0) is 34.9. The molecular weight excluding hydrogens is 663 g/mol. The molecule has 3 heteroatoms. The summed E-state index contributed by atoms with van der Waals surface area (Å²) in [6.07, 6.45) is 0. The fraction of sp³-hybridized carbons (Fsp3) is 0. The van der Waals surface area contributed by atoms with Crippen LogP contribution in [0.1, 0.15) is 0 Å². The second-order valence-corrected chi connectivity index (χ2v) is 14.7. The summed E-state index contributed by atoms with van der Waals surface area (Å²) in [5.74, 6) is 0. The highest BCUT2D eigenvalue weighted by molar-refractivity contribution is 7.26. The number of furan rings is 1. The Labute approximate surface area is 310 Å². The first-order valence-electron chi connectivity index (χ1n) is 18.0. The molecule has 0 amide bonds. The molecular formula is C50H31NOS. The zero-order valence-electron chi connectivity index (χ0n) is 28.7. The molecule has 11 aromatic rings.